The average molecular weight is 274 g/mol. The standard InChI is InChI=1S/C11H18N2O4S/c1-10(9-11-3-2-6-17-11)12-18(14,15)13-4-7-16-8-5-13/h2-3,6,10,12H,4-5,7-9H2,1H3. The summed E-state index contributed by atoms with van der Waals surface area (Å²) in [5.41, 5.74) is 0. The summed E-state index contributed by atoms with van der Waals surface area (Å²) in [5, 5.41) is 0. The summed E-state index contributed by atoms with van der Waals surface area (Å²) in [7, 11) is -3.42. The van der Waals surface area contributed by atoms with Gasteiger partial charge < -0.3 is 9.15 Å². The van der Waals surface area contributed by atoms with Crippen LogP contribution in [0.4, 0.5) is 0 Å². The number of hydrogen-bond acceptors (Lipinski definition) is 4. The molecule has 1 unspecified atom stereocenters. The molecule has 6 nitrogen and oxygen atoms in total. The minimum atomic E-state index is -3.42. The lowest BCUT2D eigenvalue weighted by Gasteiger charge is -2.27. The number of ether oxygens (including phenoxy) is 1. The van der Waals surface area contributed by atoms with Crippen molar-refractivity contribution in [3.05, 3.63) is 24.2 Å². The largest absolute Gasteiger partial charge is 0.469 e. The van der Waals surface area contributed by atoms with Crippen molar-refractivity contribution in [2.75, 3.05) is 26.3 Å². The Morgan fingerprint density at radius 3 is 2.78 bits per heavy atom. The SMILES string of the molecule is CC(Cc1ccco1)NS(=O)(=O)N1CCOCC1. The van der Waals surface area contributed by atoms with Crippen LogP contribution >= 0.6 is 0 Å². The second-order valence-corrected chi connectivity index (χ2v) is 6.02. The monoisotopic (exact) mass is 274 g/mol. The van der Waals surface area contributed by atoms with Gasteiger partial charge in [0.15, 0.2) is 0 Å². The third-order valence-electron chi connectivity index (χ3n) is 2.75. The molecule has 2 rings (SSSR count). The Bertz CT molecular complexity index is 451. The van der Waals surface area contributed by atoms with E-state index in [1.54, 1.807) is 12.3 Å². The van der Waals surface area contributed by atoms with Crippen LogP contribution in [0, 0.1) is 0 Å². The summed E-state index contributed by atoms with van der Waals surface area (Å²) >= 11 is 0. The Labute approximate surface area is 107 Å². The first-order chi connectivity index (χ1) is 8.58. The maximum absolute atomic E-state index is 12.1. The van der Waals surface area contributed by atoms with E-state index in [4.69, 9.17) is 9.15 Å². The van der Waals surface area contributed by atoms with Crippen LogP contribution in [-0.2, 0) is 21.4 Å². The van der Waals surface area contributed by atoms with Crippen molar-refractivity contribution in [1.82, 2.24) is 9.03 Å². The molecule has 0 saturated carbocycles. The highest BCUT2D eigenvalue weighted by atomic mass is 32.2. The van der Waals surface area contributed by atoms with Crippen molar-refractivity contribution in [2.24, 2.45) is 0 Å². The Kier molecular flexibility index (Phi) is 4.39. The molecule has 18 heavy (non-hydrogen) atoms. The van der Waals surface area contributed by atoms with Crippen molar-refractivity contribution in [3.8, 4) is 0 Å². The lowest BCUT2D eigenvalue weighted by Crippen LogP contribution is -2.49. The van der Waals surface area contributed by atoms with E-state index in [-0.39, 0.29) is 6.04 Å². The lowest BCUT2D eigenvalue weighted by molar-refractivity contribution is 0.0723. The van der Waals surface area contributed by atoms with E-state index in [9.17, 15) is 8.42 Å². The van der Waals surface area contributed by atoms with E-state index in [1.807, 2.05) is 13.0 Å². The molecule has 1 aliphatic heterocycles. The first-order valence-electron chi connectivity index (χ1n) is 5.95. The first-order valence-corrected chi connectivity index (χ1v) is 7.39. The second-order valence-electron chi connectivity index (χ2n) is 4.32. The molecule has 2 heterocycles. The van der Waals surface area contributed by atoms with Crippen LogP contribution in [0.3, 0.4) is 0 Å². The van der Waals surface area contributed by atoms with Gasteiger partial charge in [-0.2, -0.15) is 17.4 Å². The Balaban J connectivity index is 1.90. The van der Waals surface area contributed by atoms with Gasteiger partial charge in [0.2, 0.25) is 0 Å². The predicted molar refractivity (Wildman–Crippen MR) is 66.3 cm³/mol. The number of hydrogen-bond donors (Lipinski definition) is 1. The van der Waals surface area contributed by atoms with Crippen LogP contribution in [0.15, 0.2) is 22.8 Å². The van der Waals surface area contributed by atoms with Crippen molar-refractivity contribution in [2.45, 2.75) is 19.4 Å². The van der Waals surface area contributed by atoms with Crippen LogP contribution in [0.5, 0.6) is 0 Å². The van der Waals surface area contributed by atoms with E-state index in [0.717, 1.165) is 5.76 Å². The summed E-state index contributed by atoms with van der Waals surface area (Å²) in [4.78, 5) is 0. The van der Waals surface area contributed by atoms with Crippen LogP contribution in [0.25, 0.3) is 0 Å². The zero-order valence-electron chi connectivity index (χ0n) is 10.3. The van der Waals surface area contributed by atoms with Crippen molar-refractivity contribution in [1.29, 1.82) is 0 Å². The van der Waals surface area contributed by atoms with Gasteiger partial charge in [-0.1, -0.05) is 0 Å². The molecule has 1 aromatic heterocycles. The van der Waals surface area contributed by atoms with Crippen molar-refractivity contribution < 1.29 is 17.6 Å². The summed E-state index contributed by atoms with van der Waals surface area (Å²) in [5.74, 6) is 0.771. The van der Waals surface area contributed by atoms with Gasteiger partial charge in [-0.15, -0.1) is 0 Å². The molecule has 1 atom stereocenters. The molecule has 0 radical (unpaired) electrons. The Morgan fingerprint density at radius 1 is 1.44 bits per heavy atom. The smallest absolute Gasteiger partial charge is 0.279 e. The molecule has 7 heteroatoms. The minimum absolute atomic E-state index is 0.205. The molecule has 102 valence electrons. The molecular weight excluding hydrogens is 256 g/mol. The van der Waals surface area contributed by atoms with Crippen LogP contribution in [0.2, 0.25) is 0 Å². The quantitative estimate of drug-likeness (QED) is 0.842. The third-order valence-corrected chi connectivity index (χ3v) is 4.49. The zero-order chi connectivity index (χ0) is 13.0. The summed E-state index contributed by atoms with van der Waals surface area (Å²) in [6, 6.07) is 3.42. The molecule has 1 aliphatic rings. The minimum Gasteiger partial charge on any atom is -0.469 e. The highest BCUT2D eigenvalue weighted by Crippen LogP contribution is 2.07. The number of rotatable bonds is 5. The van der Waals surface area contributed by atoms with Gasteiger partial charge in [-0.25, -0.2) is 0 Å². The fourth-order valence-electron chi connectivity index (χ4n) is 1.89. The van der Waals surface area contributed by atoms with Gasteiger partial charge in [0, 0.05) is 25.6 Å². The Hall–Kier alpha value is -0.890. The molecule has 1 N–H and O–H groups in total. The van der Waals surface area contributed by atoms with Crippen LogP contribution in [0.1, 0.15) is 12.7 Å². The number of nitrogens with zero attached hydrogens (tertiary/aromatic N) is 1. The molecule has 0 bridgehead atoms. The predicted octanol–water partition coefficient (Wildman–Crippen LogP) is 0.377. The van der Waals surface area contributed by atoms with Gasteiger partial charge in [-0.05, 0) is 19.1 Å². The molecule has 1 fully saturated rings. The molecule has 0 aliphatic carbocycles. The molecule has 1 saturated heterocycles. The third kappa shape index (κ3) is 3.55. The van der Waals surface area contributed by atoms with Crippen LogP contribution in [-0.4, -0.2) is 45.1 Å². The summed E-state index contributed by atoms with van der Waals surface area (Å²) in [6.45, 7) is 3.53. The first kappa shape index (κ1) is 13.5. The van der Waals surface area contributed by atoms with Gasteiger partial charge >= 0.3 is 0 Å². The van der Waals surface area contributed by atoms with E-state index in [1.165, 1.54) is 4.31 Å². The lowest BCUT2D eigenvalue weighted by atomic mass is 10.2. The van der Waals surface area contributed by atoms with Gasteiger partial charge in [0.1, 0.15) is 5.76 Å². The maximum atomic E-state index is 12.1. The van der Waals surface area contributed by atoms with Crippen LogP contribution < -0.4 is 4.72 Å². The molecule has 0 spiro atoms. The molecule has 1 aromatic rings. The van der Waals surface area contributed by atoms with E-state index in [2.05, 4.69) is 4.72 Å². The highest BCUT2D eigenvalue weighted by molar-refractivity contribution is 7.87. The second kappa shape index (κ2) is 5.83. The molecule has 0 aromatic carbocycles. The Morgan fingerprint density at radius 2 is 2.17 bits per heavy atom. The summed E-state index contributed by atoms with van der Waals surface area (Å²) < 4.78 is 38.5. The van der Waals surface area contributed by atoms with Crippen molar-refractivity contribution >= 4 is 10.2 Å². The van der Waals surface area contributed by atoms with E-state index < -0.39 is 10.2 Å². The topological polar surface area (TPSA) is 71.8 Å². The number of furan rings is 1. The summed E-state index contributed by atoms with van der Waals surface area (Å²) in [6.07, 6.45) is 2.12. The molecular formula is C11H18N2O4S. The van der Waals surface area contributed by atoms with Gasteiger partial charge in [0.05, 0.1) is 19.5 Å². The number of morpholine rings is 1. The number of nitrogens with one attached hydrogen (secondary N) is 1. The van der Waals surface area contributed by atoms with Crippen molar-refractivity contribution in [3.63, 3.8) is 0 Å². The maximum Gasteiger partial charge on any atom is 0.279 e. The normalized spacial score (nSPS) is 19.8. The van der Waals surface area contributed by atoms with E-state index in [0.29, 0.717) is 32.7 Å². The highest BCUT2D eigenvalue weighted by Gasteiger charge is 2.25. The van der Waals surface area contributed by atoms with E-state index >= 15 is 0 Å². The van der Waals surface area contributed by atoms with Gasteiger partial charge in [0.25, 0.3) is 10.2 Å². The fraction of sp³-hybridized carbons (Fsp3) is 0.636. The van der Waals surface area contributed by atoms with Gasteiger partial charge in [-0.3, -0.25) is 0 Å². The average Bonchev–Trinajstić information content (AvgIpc) is 2.82. The zero-order valence-corrected chi connectivity index (χ0v) is 11.1. The fourth-order valence-corrected chi connectivity index (χ4v) is 3.26. The molecule has 0 amide bonds.